The average molecular weight is 823 g/mol. The number of likely N-dealkylation sites (tertiary alicyclic amines) is 1. The van der Waals surface area contributed by atoms with Crippen molar-refractivity contribution >= 4 is 42.6 Å². The first kappa shape index (κ1) is 52.0. The Morgan fingerprint density at radius 3 is 2.19 bits per heavy atom. The van der Waals surface area contributed by atoms with E-state index in [1.165, 1.54) is 12.8 Å². The van der Waals surface area contributed by atoms with Gasteiger partial charge in [0.25, 0.3) is 5.91 Å². The number of hydrogen-bond acceptors (Lipinski definition) is 9. The zero-order valence-electron chi connectivity index (χ0n) is 32.2. The molecule has 16 nitrogen and oxygen atoms in total. The molecule has 5 amide bonds. The third-order valence-electron chi connectivity index (χ3n) is 7.98. The monoisotopic (exact) mass is 822 g/mol. The summed E-state index contributed by atoms with van der Waals surface area (Å²) in [5, 5.41) is 36.7. The van der Waals surface area contributed by atoms with Gasteiger partial charge in [0.15, 0.2) is 5.96 Å². The number of aliphatic imine (C=N–C) groups is 1. The predicted octanol–water partition coefficient (Wildman–Crippen LogP) is 0.228. The molecule has 0 bridgehead atoms. The van der Waals surface area contributed by atoms with Crippen LogP contribution in [0.1, 0.15) is 101 Å². The number of guanidine groups is 1. The van der Waals surface area contributed by atoms with Crippen LogP contribution in [0.2, 0.25) is 0 Å². The second kappa shape index (κ2) is 30.2. The molecule has 1 heterocycles. The fraction of sp³-hybridized carbons (Fsp3) is 0.629. The van der Waals surface area contributed by atoms with Crippen molar-refractivity contribution in [3.05, 3.63) is 42.3 Å². The maximum atomic E-state index is 12.6. The Morgan fingerprint density at radius 2 is 1.64 bits per heavy atom. The van der Waals surface area contributed by atoms with E-state index >= 15 is 0 Å². The molecule has 3 atom stereocenters. The molecule has 1 saturated heterocycles. The standard InChI is InChI=1S/C29H47BN8O8.C4H10.C2H5.Y/c1-3-24(40)36-22(7-6-14-34-29(31)32)28(44)33-13-5-4-8-25(41)37(2)17-19-9-11-20(12-10-19)27(43)35-16-26(42)38-18-21(39)15-23(38)30(45)46;1-3-4-2;1-2;/h9-12,21-23,39,45-46H,3-8,13-18H2,1-2H3,(H,33,44)(H,35,43)(H,36,40)(H4,31,32,34);3-4H2,1-2H3;1H2,2H3;/q;;-1;. The molecule has 0 spiro atoms. The number of nitrogens with two attached hydrogens (primary N) is 2. The summed E-state index contributed by atoms with van der Waals surface area (Å²) in [4.78, 5) is 68.7. The quantitative estimate of drug-likeness (QED) is 0.0310. The van der Waals surface area contributed by atoms with Crippen molar-refractivity contribution in [2.24, 2.45) is 16.5 Å². The average Bonchev–Trinajstić information content (AvgIpc) is 3.54. The van der Waals surface area contributed by atoms with E-state index < -0.39 is 37.0 Å². The van der Waals surface area contributed by atoms with Gasteiger partial charge in [-0.2, -0.15) is 6.92 Å². The Bertz CT molecular complexity index is 1250. The van der Waals surface area contributed by atoms with Crippen LogP contribution < -0.4 is 27.4 Å². The number of carbonyl (C=O) groups excluding carboxylic acids is 5. The van der Waals surface area contributed by atoms with Crippen molar-refractivity contribution in [2.75, 3.05) is 33.2 Å². The second-order valence-corrected chi connectivity index (χ2v) is 12.2. The van der Waals surface area contributed by atoms with E-state index in [0.717, 1.165) is 10.5 Å². The van der Waals surface area contributed by atoms with Gasteiger partial charge in [-0.25, -0.2) is 0 Å². The summed E-state index contributed by atoms with van der Waals surface area (Å²) in [6.45, 7) is 11.7. The molecule has 1 aliphatic heterocycles. The minimum absolute atomic E-state index is 0. The van der Waals surface area contributed by atoms with Crippen molar-refractivity contribution in [1.82, 2.24) is 25.8 Å². The van der Waals surface area contributed by atoms with Crippen LogP contribution in [0.15, 0.2) is 29.3 Å². The number of rotatable bonds is 19. The summed E-state index contributed by atoms with van der Waals surface area (Å²) >= 11 is 0. The summed E-state index contributed by atoms with van der Waals surface area (Å²) in [5.41, 5.74) is 11.7. The van der Waals surface area contributed by atoms with Gasteiger partial charge in [-0.3, -0.25) is 29.0 Å². The van der Waals surface area contributed by atoms with E-state index in [1.54, 1.807) is 50.1 Å². The molecule has 3 unspecified atom stereocenters. The number of benzene rings is 1. The fourth-order valence-electron chi connectivity index (χ4n) is 4.89. The summed E-state index contributed by atoms with van der Waals surface area (Å²) in [7, 11) is -0.118. The van der Waals surface area contributed by atoms with Gasteiger partial charge in [0.2, 0.25) is 23.6 Å². The molecule has 1 fully saturated rings. The summed E-state index contributed by atoms with van der Waals surface area (Å²) in [6, 6.07) is 5.86. The molecule has 10 N–H and O–H groups in total. The molecule has 0 saturated carbocycles. The predicted molar refractivity (Wildman–Crippen MR) is 202 cm³/mol. The van der Waals surface area contributed by atoms with Gasteiger partial charge in [-0.1, -0.05) is 45.7 Å². The van der Waals surface area contributed by atoms with Gasteiger partial charge in [0, 0.05) is 84.3 Å². The molecule has 1 aliphatic rings. The van der Waals surface area contributed by atoms with E-state index in [0.29, 0.717) is 50.9 Å². The summed E-state index contributed by atoms with van der Waals surface area (Å²) < 4.78 is 0. The van der Waals surface area contributed by atoms with E-state index in [9.17, 15) is 39.1 Å². The molecule has 0 aromatic heterocycles. The minimum atomic E-state index is -1.79. The normalized spacial score (nSPS) is 14.8. The van der Waals surface area contributed by atoms with Crippen LogP contribution >= 0.6 is 0 Å². The van der Waals surface area contributed by atoms with Crippen LogP contribution in [0.4, 0.5) is 0 Å². The van der Waals surface area contributed by atoms with Gasteiger partial charge in [-0.15, -0.1) is 0 Å². The number of nitrogens with one attached hydrogen (secondary N) is 3. The molecule has 2 rings (SSSR count). The maximum Gasteiger partial charge on any atom is 0.475 e. The Kier molecular flexibility index (Phi) is 29.7. The number of nitrogens with zero attached hydrogens (tertiary/aromatic N) is 3. The van der Waals surface area contributed by atoms with Crippen molar-refractivity contribution in [2.45, 2.75) is 110 Å². The SMILES string of the molecule is CCC(=O)NC(CCCN=C(N)N)C(=O)NCCCCC(=O)N(C)Cc1ccc(C(=O)NCC(=O)N2CC(O)CC2B(O)O)cc1.CCCC.[CH2-]C.[Y]. The molecule has 18 heteroatoms. The van der Waals surface area contributed by atoms with Crippen LogP contribution in [0.3, 0.4) is 0 Å². The third-order valence-corrected chi connectivity index (χ3v) is 7.98. The van der Waals surface area contributed by atoms with Gasteiger partial charge < -0.3 is 59.3 Å². The number of amides is 5. The van der Waals surface area contributed by atoms with Crippen LogP contribution in [0, 0.1) is 6.92 Å². The van der Waals surface area contributed by atoms with E-state index in [1.807, 2.05) is 0 Å². The molecule has 297 valence electrons. The molecular formula is C35H62BN8O8Y-. The number of aliphatic hydroxyl groups is 1. The van der Waals surface area contributed by atoms with Crippen LogP contribution in [-0.4, -0.2) is 119 Å². The van der Waals surface area contributed by atoms with Gasteiger partial charge in [-0.05, 0) is 49.8 Å². The van der Waals surface area contributed by atoms with Crippen LogP contribution in [0.25, 0.3) is 0 Å². The van der Waals surface area contributed by atoms with Crippen molar-refractivity contribution in [1.29, 1.82) is 0 Å². The first-order chi connectivity index (χ1) is 24.7. The van der Waals surface area contributed by atoms with Crippen LogP contribution in [-0.2, 0) is 58.4 Å². The summed E-state index contributed by atoms with van der Waals surface area (Å²) in [5.74, 6) is -2.63. The zero-order valence-corrected chi connectivity index (χ0v) is 35.0. The first-order valence-electron chi connectivity index (χ1n) is 18.0. The summed E-state index contributed by atoms with van der Waals surface area (Å²) in [6.07, 6.45) is 4.36. The third kappa shape index (κ3) is 22.0. The smallest absolute Gasteiger partial charge is 0.426 e. The number of hydrogen-bond donors (Lipinski definition) is 8. The number of aliphatic hydroxyl groups excluding tert-OH is 1. The van der Waals surface area contributed by atoms with Crippen LogP contribution in [0.5, 0.6) is 0 Å². The maximum absolute atomic E-state index is 12.6. The Hall–Kier alpha value is -3.11. The second-order valence-electron chi connectivity index (χ2n) is 12.2. The van der Waals surface area contributed by atoms with E-state index in [2.05, 4.69) is 41.7 Å². The topological polar surface area (TPSA) is 253 Å². The zero-order chi connectivity index (χ0) is 39.6. The number of unbranched alkanes of at least 4 members (excludes halogenated alkanes) is 2. The molecule has 0 aliphatic carbocycles. The first-order valence-corrected chi connectivity index (χ1v) is 18.0. The van der Waals surface area contributed by atoms with Crippen molar-refractivity contribution < 1.29 is 71.8 Å². The fourth-order valence-corrected chi connectivity index (χ4v) is 4.89. The van der Waals surface area contributed by atoms with Crippen molar-refractivity contribution in [3.63, 3.8) is 0 Å². The Morgan fingerprint density at radius 1 is 1.02 bits per heavy atom. The van der Waals surface area contributed by atoms with E-state index in [-0.39, 0.29) is 88.7 Å². The molecule has 53 heavy (non-hydrogen) atoms. The van der Waals surface area contributed by atoms with Gasteiger partial charge in [0.05, 0.1) is 18.6 Å². The van der Waals surface area contributed by atoms with Crippen molar-refractivity contribution in [3.8, 4) is 0 Å². The van der Waals surface area contributed by atoms with Gasteiger partial charge in [0.1, 0.15) is 6.04 Å². The molecule has 1 aromatic carbocycles. The Labute approximate surface area is 340 Å². The molecule has 1 radical (unpaired) electrons. The van der Waals surface area contributed by atoms with Gasteiger partial charge >= 0.3 is 7.12 Å². The minimum Gasteiger partial charge on any atom is -0.426 e. The number of carbonyl (C=O) groups is 5. The molecular weight excluding hydrogens is 760 g/mol. The number of β-amino-alcohol motifs (C(OH)–C–C–N with tert-alkyl or cyclic N) is 1. The van der Waals surface area contributed by atoms with E-state index in [4.69, 9.17) is 11.5 Å². The largest absolute Gasteiger partial charge is 0.475 e. The Balaban J connectivity index is 0. The molecule has 1 aromatic rings.